The van der Waals surface area contributed by atoms with E-state index in [9.17, 15) is 13.2 Å². The molecule has 0 saturated heterocycles. The summed E-state index contributed by atoms with van der Waals surface area (Å²) in [4.78, 5) is 3.95. The lowest BCUT2D eigenvalue weighted by molar-refractivity contribution is 0.0724. The third-order valence-electron chi connectivity index (χ3n) is 2.74. The second kappa shape index (κ2) is 4.60. The molecular weight excluding hydrogens is 215 g/mol. The van der Waals surface area contributed by atoms with Gasteiger partial charge in [-0.25, -0.2) is 4.39 Å². The summed E-state index contributed by atoms with van der Waals surface area (Å²) in [5.41, 5.74) is -0.244. The van der Waals surface area contributed by atoms with Gasteiger partial charge in [0.15, 0.2) is 0 Å². The topological polar surface area (TPSA) is 12.4 Å². The van der Waals surface area contributed by atoms with Gasteiger partial charge in [0, 0.05) is 18.4 Å². The van der Waals surface area contributed by atoms with Gasteiger partial charge in [0.05, 0.1) is 6.04 Å². The Kier molecular flexibility index (Phi) is 3.81. The molecule has 16 heavy (non-hydrogen) atoms. The second-order valence-corrected chi connectivity index (χ2v) is 4.56. The number of halogens is 3. The van der Waals surface area contributed by atoms with Crippen LogP contribution in [-0.2, 0) is 0 Å². The molecular formula is C12H18F3N. The van der Waals surface area contributed by atoms with Gasteiger partial charge in [0.2, 0.25) is 0 Å². The van der Waals surface area contributed by atoms with E-state index in [1.807, 2.05) is 0 Å². The molecule has 0 aliphatic carbocycles. The molecule has 0 saturated carbocycles. The first-order valence-electron chi connectivity index (χ1n) is 5.64. The maximum Gasteiger partial charge on any atom is 0.289 e. The van der Waals surface area contributed by atoms with Crippen molar-refractivity contribution in [2.24, 2.45) is 10.9 Å². The summed E-state index contributed by atoms with van der Waals surface area (Å²) in [7, 11) is 0. The minimum absolute atomic E-state index is 0.102. The van der Waals surface area contributed by atoms with Crippen molar-refractivity contribution < 1.29 is 13.2 Å². The largest absolute Gasteiger partial charge is 0.289 e. The normalized spacial score (nSPS) is 22.8. The zero-order valence-corrected chi connectivity index (χ0v) is 10.2. The van der Waals surface area contributed by atoms with Gasteiger partial charge in [-0.05, 0) is 12.8 Å². The van der Waals surface area contributed by atoms with E-state index in [1.54, 1.807) is 20.8 Å². The Morgan fingerprint density at radius 1 is 1.44 bits per heavy atom. The summed E-state index contributed by atoms with van der Waals surface area (Å²) in [6.07, 6.45) is -0.209. The zero-order valence-electron chi connectivity index (χ0n) is 10.2. The van der Waals surface area contributed by atoms with Crippen LogP contribution in [0.1, 0.15) is 40.5 Å². The van der Waals surface area contributed by atoms with Gasteiger partial charge >= 0.3 is 0 Å². The molecule has 0 N–H and O–H groups in total. The molecule has 1 atom stereocenters. The average molecular weight is 233 g/mol. The Morgan fingerprint density at radius 3 is 2.44 bits per heavy atom. The highest BCUT2D eigenvalue weighted by molar-refractivity contribution is 6.06. The highest BCUT2D eigenvalue weighted by Crippen LogP contribution is 2.35. The smallest absolute Gasteiger partial charge is 0.280 e. The highest BCUT2D eigenvalue weighted by atomic mass is 19.3. The van der Waals surface area contributed by atoms with Crippen LogP contribution in [0.2, 0.25) is 0 Å². The van der Waals surface area contributed by atoms with Crippen LogP contribution < -0.4 is 0 Å². The van der Waals surface area contributed by atoms with Crippen LogP contribution >= 0.6 is 0 Å². The Balaban J connectivity index is 3.22. The summed E-state index contributed by atoms with van der Waals surface area (Å²) < 4.78 is 41.1. The number of dihydropyridines is 1. The number of nitrogens with zero attached hydrogens (tertiary/aromatic N) is 1. The van der Waals surface area contributed by atoms with E-state index in [-0.39, 0.29) is 30.0 Å². The predicted octanol–water partition coefficient (Wildman–Crippen LogP) is 4.14. The molecule has 0 aromatic rings. The summed E-state index contributed by atoms with van der Waals surface area (Å²) in [5, 5.41) is 0. The summed E-state index contributed by atoms with van der Waals surface area (Å²) in [5.74, 6) is -3.71. The van der Waals surface area contributed by atoms with Crippen molar-refractivity contribution in [2.75, 3.05) is 0 Å². The van der Waals surface area contributed by atoms with Crippen molar-refractivity contribution in [1.29, 1.82) is 0 Å². The molecule has 0 amide bonds. The molecule has 0 radical (unpaired) electrons. The lowest BCUT2D eigenvalue weighted by atomic mass is 9.88. The zero-order chi connectivity index (χ0) is 12.5. The highest BCUT2D eigenvalue weighted by Gasteiger charge is 2.40. The number of allylic oxidation sites excluding steroid dienone is 1. The molecule has 92 valence electrons. The number of aliphatic imine (C=N–C) groups is 1. The first-order valence-corrected chi connectivity index (χ1v) is 5.64. The van der Waals surface area contributed by atoms with Crippen LogP contribution in [-0.4, -0.2) is 17.7 Å². The van der Waals surface area contributed by atoms with Gasteiger partial charge in [-0.3, -0.25) is 4.99 Å². The van der Waals surface area contributed by atoms with Crippen molar-refractivity contribution in [3.63, 3.8) is 0 Å². The monoisotopic (exact) mass is 233 g/mol. The standard InChI is InChI=1S/C12H18F3N/c1-5-12(14,15)11-10(7(2)3)9(13)6-8(4)16-11/h7-8H,5-6H2,1-4H3. The van der Waals surface area contributed by atoms with Gasteiger partial charge in [-0.1, -0.05) is 20.8 Å². The lowest BCUT2D eigenvalue weighted by Crippen LogP contribution is -2.35. The van der Waals surface area contributed by atoms with Crippen molar-refractivity contribution in [1.82, 2.24) is 0 Å². The second-order valence-electron chi connectivity index (χ2n) is 4.56. The third-order valence-corrected chi connectivity index (χ3v) is 2.74. The predicted molar refractivity (Wildman–Crippen MR) is 59.7 cm³/mol. The van der Waals surface area contributed by atoms with Crippen molar-refractivity contribution in [3.8, 4) is 0 Å². The van der Waals surface area contributed by atoms with Gasteiger partial charge in [-0.15, -0.1) is 0 Å². The summed E-state index contributed by atoms with van der Waals surface area (Å²) in [6, 6.07) is -0.394. The third kappa shape index (κ3) is 2.47. The Morgan fingerprint density at radius 2 is 2.00 bits per heavy atom. The van der Waals surface area contributed by atoms with E-state index in [2.05, 4.69) is 4.99 Å². The van der Waals surface area contributed by atoms with Crippen LogP contribution in [0.15, 0.2) is 16.4 Å². The van der Waals surface area contributed by atoms with Crippen LogP contribution in [0.5, 0.6) is 0 Å². The maximum atomic E-state index is 13.7. The van der Waals surface area contributed by atoms with Crippen LogP contribution in [0, 0.1) is 5.92 Å². The minimum atomic E-state index is -3.02. The molecule has 0 aromatic carbocycles. The van der Waals surface area contributed by atoms with Crippen LogP contribution in [0.3, 0.4) is 0 Å². The van der Waals surface area contributed by atoms with Crippen LogP contribution in [0.4, 0.5) is 13.2 Å². The molecule has 1 heterocycles. The Hall–Kier alpha value is -0.800. The van der Waals surface area contributed by atoms with Crippen molar-refractivity contribution >= 4 is 5.71 Å². The van der Waals surface area contributed by atoms with E-state index in [0.717, 1.165) is 0 Å². The molecule has 1 nitrogen and oxygen atoms in total. The number of hydrogen-bond donors (Lipinski definition) is 0. The SMILES string of the molecule is CCC(F)(F)C1=NC(C)CC(F)=C1C(C)C. The first kappa shape index (κ1) is 13.3. The van der Waals surface area contributed by atoms with Gasteiger partial charge in [0.1, 0.15) is 11.5 Å². The van der Waals surface area contributed by atoms with Crippen LogP contribution in [0.25, 0.3) is 0 Å². The number of hydrogen-bond acceptors (Lipinski definition) is 1. The van der Waals surface area contributed by atoms with E-state index >= 15 is 0 Å². The quantitative estimate of drug-likeness (QED) is 0.694. The average Bonchev–Trinajstić information content (AvgIpc) is 2.15. The molecule has 4 heteroatoms. The van der Waals surface area contributed by atoms with Gasteiger partial charge in [-0.2, -0.15) is 8.78 Å². The van der Waals surface area contributed by atoms with E-state index < -0.39 is 17.8 Å². The van der Waals surface area contributed by atoms with Gasteiger partial charge < -0.3 is 0 Å². The Labute approximate surface area is 94.5 Å². The van der Waals surface area contributed by atoms with Crippen molar-refractivity contribution in [3.05, 3.63) is 11.4 Å². The fraction of sp³-hybridized carbons (Fsp3) is 0.750. The molecule has 1 aliphatic heterocycles. The summed E-state index contributed by atoms with van der Waals surface area (Å²) in [6.45, 7) is 6.47. The lowest BCUT2D eigenvalue weighted by Gasteiger charge is -2.27. The van der Waals surface area contributed by atoms with Gasteiger partial charge in [0.25, 0.3) is 5.92 Å². The molecule has 0 aromatic heterocycles. The fourth-order valence-electron chi connectivity index (χ4n) is 1.88. The van der Waals surface area contributed by atoms with E-state index in [0.29, 0.717) is 0 Å². The number of alkyl halides is 2. The van der Waals surface area contributed by atoms with E-state index in [1.165, 1.54) is 6.92 Å². The molecule has 0 bridgehead atoms. The number of rotatable bonds is 3. The van der Waals surface area contributed by atoms with E-state index in [4.69, 9.17) is 0 Å². The Bertz CT molecular complexity index is 329. The molecule has 1 unspecified atom stereocenters. The fourth-order valence-corrected chi connectivity index (χ4v) is 1.88. The first-order chi connectivity index (χ1) is 7.29. The molecule has 0 spiro atoms. The minimum Gasteiger partial charge on any atom is -0.280 e. The molecule has 1 aliphatic rings. The molecule has 1 rings (SSSR count). The van der Waals surface area contributed by atoms with Crippen molar-refractivity contribution in [2.45, 2.75) is 52.5 Å². The molecule has 0 fully saturated rings. The maximum absolute atomic E-state index is 13.7. The summed E-state index contributed by atoms with van der Waals surface area (Å²) >= 11 is 0.